The monoisotopic (exact) mass is 356 g/mol. The molecule has 0 bridgehead atoms. The van der Waals surface area contributed by atoms with Gasteiger partial charge in [-0.25, -0.2) is 4.39 Å². The Bertz CT molecular complexity index is 783. The molecule has 5 heteroatoms. The summed E-state index contributed by atoms with van der Waals surface area (Å²) in [4.78, 5) is 16.1. The highest BCUT2D eigenvalue weighted by molar-refractivity contribution is 7.09. The zero-order chi connectivity index (χ0) is 17.2. The molecule has 0 spiro atoms. The number of carbonyl (C=O) groups excluding carboxylic acids is 1. The summed E-state index contributed by atoms with van der Waals surface area (Å²) in [6.07, 6.45) is 4.06. The van der Waals surface area contributed by atoms with Crippen molar-refractivity contribution in [1.82, 2.24) is 10.2 Å². The third-order valence-electron chi connectivity index (χ3n) is 4.99. The maximum Gasteiger partial charge on any atom is 0.251 e. The molecule has 0 radical (unpaired) electrons. The number of carbonyl (C=O) groups is 1. The molecule has 2 aliphatic rings. The van der Waals surface area contributed by atoms with Gasteiger partial charge in [-0.3, -0.25) is 10.1 Å². The number of hydrogen-bond donors (Lipinski definition) is 1. The minimum atomic E-state index is -0.249. The minimum absolute atomic E-state index is 0.0463. The van der Waals surface area contributed by atoms with Gasteiger partial charge in [0.05, 0.1) is 0 Å². The second-order valence-corrected chi connectivity index (χ2v) is 7.67. The van der Waals surface area contributed by atoms with Crippen molar-refractivity contribution in [2.75, 3.05) is 0 Å². The summed E-state index contributed by atoms with van der Waals surface area (Å²) in [6, 6.07) is 10.6. The van der Waals surface area contributed by atoms with Crippen LogP contribution in [-0.4, -0.2) is 17.0 Å². The van der Waals surface area contributed by atoms with Crippen molar-refractivity contribution in [3.63, 3.8) is 0 Å². The van der Waals surface area contributed by atoms with Crippen LogP contribution in [0, 0.1) is 5.82 Å². The number of benzene rings is 1. The minimum Gasteiger partial charge on any atom is -0.315 e. The zero-order valence-electron chi connectivity index (χ0n) is 14.0. The molecular formula is C20H21FN2OS. The predicted molar refractivity (Wildman–Crippen MR) is 97.4 cm³/mol. The largest absolute Gasteiger partial charge is 0.315 e. The molecule has 130 valence electrons. The van der Waals surface area contributed by atoms with Gasteiger partial charge in [-0.05, 0) is 60.4 Å². The Morgan fingerprint density at radius 2 is 1.96 bits per heavy atom. The van der Waals surface area contributed by atoms with Gasteiger partial charge in [0.25, 0.3) is 5.91 Å². The average molecular weight is 356 g/mol. The molecule has 1 aliphatic carbocycles. The van der Waals surface area contributed by atoms with Crippen molar-refractivity contribution in [2.24, 2.45) is 0 Å². The topological polar surface area (TPSA) is 32.3 Å². The Morgan fingerprint density at radius 3 is 2.72 bits per heavy atom. The highest BCUT2D eigenvalue weighted by atomic mass is 32.1. The molecule has 0 unspecified atom stereocenters. The molecule has 0 saturated carbocycles. The van der Waals surface area contributed by atoms with E-state index in [1.54, 1.807) is 23.5 Å². The van der Waals surface area contributed by atoms with E-state index in [-0.39, 0.29) is 17.9 Å². The lowest BCUT2D eigenvalue weighted by Crippen LogP contribution is -2.44. The van der Waals surface area contributed by atoms with Gasteiger partial charge >= 0.3 is 0 Å². The first kappa shape index (κ1) is 16.5. The van der Waals surface area contributed by atoms with E-state index in [0.717, 1.165) is 43.4 Å². The van der Waals surface area contributed by atoms with Crippen LogP contribution in [0.1, 0.15) is 36.1 Å². The molecule has 0 fully saturated rings. The van der Waals surface area contributed by atoms with Gasteiger partial charge in [0.2, 0.25) is 0 Å². The van der Waals surface area contributed by atoms with Gasteiger partial charge in [-0.1, -0.05) is 18.2 Å². The van der Waals surface area contributed by atoms with Crippen molar-refractivity contribution in [1.29, 1.82) is 0 Å². The first-order valence-electron chi connectivity index (χ1n) is 8.75. The van der Waals surface area contributed by atoms with E-state index < -0.39 is 0 Å². The maximum absolute atomic E-state index is 13.2. The zero-order valence-corrected chi connectivity index (χ0v) is 14.8. The van der Waals surface area contributed by atoms with Crippen LogP contribution in [0.25, 0.3) is 0 Å². The van der Waals surface area contributed by atoms with E-state index in [1.807, 2.05) is 11.0 Å². The van der Waals surface area contributed by atoms with Gasteiger partial charge in [0.1, 0.15) is 12.0 Å². The third kappa shape index (κ3) is 3.39. The standard InChI is InChI=1S/C20H21FN2OS/c21-15-9-7-14(8-10-15)13-23-19(22-12-16-4-3-11-25-16)17-5-1-2-6-18(17)20(23)24/h3-4,7-11,19,22H,1-2,5-6,12-13H2/t19-/m1/s1. The van der Waals surface area contributed by atoms with E-state index in [4.69, 9.17) is 0 Å². The van der Waals surface area contributed by atoms with Crippen molar-refractivity contribution in [2.45, 2.75) is 44.9 Å². The van der Waals surface area contributed by atoms with Crippen molar-refractivity contribution in [3.8, 4) is 0 Å². The summed E-state index contributed by atoms with van der Waals surface area (Å²) in [5, 5.41) is 5.65. The molecule has 1 aliphatic heterocycles. The van der Waals surface area contributed by atoms with Crippen molar-refractivity contribution < 1.29 is 9.18 Å². The van der Waals surface area contributed by atoms with E-state index in [9.17, 15) is 9.18 Å². The average Bonchev–Trinajstić information content (AvgIpc) is 3.23. The van der Waals surface area contributed by atoms with Crippen LogP contribution in [0.2, 0.25) is 0 Å². The van der Waals surface area contributed by atoms with Gasteiger partial charge in [-0.15, -0.1) is 11.3 Å². The Kier molecular flexibility index (Phi) is 4.68. The number of amides is 1. The molecule has 3 nitrogen and oxygen atoms in total. The summed E-state index contributed by atoms with van der Waals surface area (Å²) in [5.41, 5.74) is 3.21. The van der Waals surface area contributed by atoms with Crippen LogP contribution in [0.5, 0.6) is 0 Å². The summed E-state index contributed by atoms with van der Waals surface area (Å²) in [5.74, 6) is -0.107. The number of hydrogen-bond acceptors (Lipinski definition) is 3. The van der Waals surface area contributed by atoms with Crippen LogP contribution in [0.15, 0.2) is 52.9 Å². The van der Waals surface area contributed by atoms with E-state index in [1.165, 1.54) is 22.6 Å². The molecule has 1 N–H and O–H groups in total. The van der Waals surface area contributed by atoms with Crippen LogP contribution in [-0.2, 0) is 17.9 Å². The normalized spacial score (nSPS) is 20.3. The number of nitrogens with one attached hydrogen (secondary N) is 1. The van der Waals surface area contributed by atoms with Crippen molar-refractivity contribution in [3.05, 3.63) is 69.2 Å². The number of halogens is 1. The molecule has 2 heterocycles. The fourth-order valence-corrected chi connectivity index (χ4v) is 4.40. The van der Waals surface area contributed by atoms with Gasteiger partial charge in [0, 0.05) is 23.5 Å². The smallest absolute Gasteiger partial charge is 0.251 e. The molecule has 2 aromatic rings. The number of rotatable bonds is 5. The van der Waals surface area contributed by atoms with E-state index in [0.29, 0.717) is 6.54 Å². The Hall–Kier alpha value is -1.98. The lowest BCUT2D eigenvalue weighted by molar-refractivity contribution is -0.128. The Labute approximate surface area is 151 Å². The first-order valence-corrected chi connectivity index (χ1v) is 9.63. The number of nitrogens with zero attached hydrogens (tertiary/aromatic N) is 1. The summed E-state index contributed by atoms with van der Waals surface area (Å²) < 4.78 is 13.2. The van der Waals surface area contributed by atoms with E-state index in [2.05, 4.69) is 16.8 Å². The lowest BCUT2D eigenvalue weighted by atomic mass is 9.92. The Balaban J connectivity index is 1.56. The molecule has 1 aromatic carbocycles. The first-order chi connectivity index (χ1) is 12.2. The maximum atomic E-state index is 13.2. The van der Waals surface area contributed by atoms with Crippen LogP contribution in [0.3, 0.4) is 0 Å². The van der Waals surface area contributed by atoms with Gasteiger partial charge in [0.15, 0.2) is 0 Å². The lowest BCUT2D eigenvalue weighted by Gasteiger charge is -2.28. The summed E-state index contributed by atoms with van der Waals surface area (Å²) >= 11 is 1.72. The van der Waals surface area contributed by atoms with Crippen molar-refractivity contribution >= 4 is 17.2 Å². The third-order valence-corrected chi connectivity index (χ3v) is 5.86. The highest BCUT2D eigenvalue weighted by Gasteiger charge is 2.39. The van der Waals surface area contributed by atoms with E-state index >= 15 is 0 Å². The fraction of sp³-hybridized carbons (Fsp3) is 0.350. The predicted octanol–water partition coefficient (Wildman–Crippen LogP) is 4.22. The fourth-order valence-electron chi connectivity index (χ4n) is 3.75. The quantitative estimate of drug-likeness (QED) is 0.870. The second kappa shape index (κ2) is 7.10. The second-order valence-electron chi connectivity index (χ2n) is 6.63. The van der Waals surface area contributed by atoms with Gasteiger partial charge < -0.3 is 4.90 Å². The number of thiophene rings is 1. The summed E-state index contributed by atoms with van der Waals surface area (Å²) in [7, 11) is 0. The van der Waals surface area contributed by atoms with Crippen LogP contribution < -0.4 is 5.32 Å². The molecule has 0 saturated heterocycles. The molecule has 1 atom stereocenters. The molecule has 4 rings (SSSR count). The molecule has 1 amide bonds. The van der Waals surface area contributed by atoms with Crippen LogP contribution >= 0.6 is 11.3 Å². The van der Waals surface area contributed by atoms with Gasteiger partial charge in [-0.2, -0.15) is 0 Å². The SMILES string of the molecule is O=C1C2=C(CCCC2)[C@H](NCc2cccs2)N1Cc1ccc(F)cc1. The Morgan fingerprint density at radius 1 is 1.16 bits per heavy atom. The van der Waals surface area contributed by atoms with Crippen LogP contribution in [0.4, 0.5) is 4.39 Å². The highest BCUT2D eigenvalue weighted by Crippen LogP contribution is 2.36. The molecular weight excluding hydrogens is 335 g/mol. The molecule has 25 heavy (non-hydrogen) atoms. The summed E-state index contributed by atoms with van der Waals surface area (Å²) in [6.45, 7) is 1.26. The molecule has 1 aromatic heterocycles.